The molecule has 5 nitrogen and oxygen atoms in total. The van der Waals surface area contributed by atoms with Crippen LogP contribution >= 0.6 is 0 Å². The maximum atomic E-state index is 12.3. The number of piperidine rings is 1. The third kappa shape index (κ3) is 2.59. The Morgan fingerprint density at radius 3 is 2.49 bits per heavy atom. The SMILES string of the molecule is CO[C@@]12[C@H](C)C[C@@]3(C[C@@H]1[C@](C)(O)C(C)(C)C)[C@H]1CC4CCC(O)C5O[C@@H]2[C@]3(CCN1CC1CC1)C45. The highest BCUT2D eigenvalue weighted by atomic mass is 16.6. The molecular weight excluding hydrogens is 438 g/mol. The fourth-order valence-corrected chi connectivity index (χ4v) is 11.5. The van der Waals surface area contributed by atoms with E-state index in [0.717, 1.165) is 25.2 Å². The van der Waals surface area contributed by atoms with Crippen molar-refractivity contribution in [3.8, 4) is 0 Å². The summed E-state index contributed by atoms with van der Waals surface area (Å²) in [4.78, 5) is 2.91. The van der Waals surface area contributed by atoms with E-state index in [0.29, 0.717) is 23.8 Å². The van der Waals surface area contributed by atoms with Crippen LogP contribution in [0.5, 0.6) is 0 Å². The fraction of sp³-hybridized carbons (Fsp3) is 1.00. The van der Waals surface area contributed by atoms with Crippen molar-refractivity contribution in [2.45, 2.75) is 122 Å². The summed E-state index contributed by atoms with van der Waals surface area (Å²) in [6, 6.07) is 0.578. The predicted octanol–water partition coefficient (Wildman–Crippen LogP) is 4.24. The molecule has 198 valence electrons. The summed E-state index contributed by atoms with van der Waals surface area (Å²) in [6.45, 7) is 13.5. The molecule has 12 atom stereocenters. The van der Waals surface area contributed by atoms with Crippen LogP contribution in [0.1, 0.15) is 86.0 Å². The Labute approximate surface area is 212 Å². The molecule has 4 unspecified atom stereocenters. The minimum atomic E-state index is -0.880. The number of fused-ring (bicyclic) bond motifs is 2. The smallest absolute Gasteiger partial charge is 0.103 e. The Bertz CT molecular complexity index is 895. The van der Waals surface area contributed by atoms with E-state index in [1.165, 1.54) is 45.2 Å². The molecule has 2 N–H and O–H groups in total. The molecule has 0 aromatic carbocycles. The van der Waals surface area contributed by atoms with E-state index < -0.39 is 11.2 Å². The zero-order valence-electron chi connectivity index (χ0n) is 22.9. The third-order valence-corrected chi connectivity index (χ3v) is 13.5. The number of methoxy groups -OCH3 is 1. The molecular formula is C30H49NO4. The van der Waals surface area contributed by atoms with Crippen molar-refractivity contribution in [3.05, 3.63) is 0 Å². The third-order valence-electron chi connectivity index (χ3n) is 13.5. The first kappa shape index (κ1) is 23.9. The average molecular weight is 488 g/mol. The van der Waals surface area contributed by atoms with Crippen LogP contribution in [-0.2, 0) is 9.47 Å². The molecule has 8 fully saturated rings. The number of ether oxygens (including phenoxy) is 2. The highest BCUT2D eigenvalue weighted by Crippen LogP contribution is 2.82. The lowest BCUT2D eigenvalue weighted by molar-refractivity contribution is -0.365. The summed E-state index contributed by atoms with van der Waals surface area (Å²) < 4.78 is 13.9. The van der Waals surface area contributed by atoms with Gasteiger partial charge in [-0.2, -0.15) is 0 Å². The first-order valence-corrected chi connectivity index (χ1v) is 14.8. The van der Waals surface area contributed by atoms with Crippen molar-refractivity contribution >= 4 is 0 Å². The lowest BCUT2D eigenvalue weighted by Gasteiger charge is -2.79. The van der Waals surface area contributed by atoms with Gasteiger partial charge in [0.1, 0.15) is 5.60 Å². The van der Waals surface area contributed by atoms with E-state index in [-0.39, 0.29) is 40.5 Å². The molecule has 6 aliphatic carbocycles. The van der Waals surface area contributed by atoms with E-state index >= 15 is 0 Å². The monoisotopic (exact) mass is 487 g/mol. The summed E-state index contributed by atoms with van der Waals surface area (Å²) in [6.07, 6.45) is 9.00. The molecule has 0 aromatic rings. The number of hydrogen-bond donors (Lipinski definition) is 2. The topological polar surface area (TPSA) is 62.2 Å². The van der Waals surface area contributed by atoms with Crippen molar-refractivity contribution in [1.29, 1.82) is 0 Å². The molecule has 8 rings (SSSR count). The van der Waals surface area contributed by atoms with Gasteiger partial charge in [-0.15, -0.1) is 0 Å². The average Bonchev–Trinajstić information content (AvgIpc) is 3.53. The van der Waals surface area contributed by atoms with Crippen LogP contribution in [0.2, 0.25) is 0 Å². The molecule has 2 spiro atoms. The molecule has 6 saturated carbocycles. The van der Waals surface area contributed by atoms with Gasteiger partial charge in [-0.3, -0.25) is 4.90 Å². The Balaban J connectivity index is 1.44. The predicted molar refractivity (Wildman–Crippen MR) is 135 cm³/mol. The lowest BCUT2D eigenvalue weighted by atomic mass is 9.29. The first-order valence-electron chi connectivity index (χ1n) is 14.8. The summed E-state index contributed by atoms with van der Waals surface area (Å²) in [7, 11) is 1.89. The first-order chi connectivity index (χ1) is 16.4. The van der Waals surface area contributed by atoms with E-state index in [9.17, 15) is 10.2 Å². The molecule has 4 bridgehead atoms. The van der Waals surface area contributed by atoms with Gasteiger partial charge >= 0.3 is 0 Å². The van der Waals surface area contributed by atoms with Gasteiger partial charge in [-0.1, -0.05) is 27.7 Å². The van der Waals surface area contributed by atoms with Crippen LogP contribution in [-0.4, -0.2) is 70.9 Å². The Morgan fingerprint density at radius 2 is 1.83 bits per heavy atom. The molecule has 2 aliphatic heterocycles. The van der Waals surface area contributed by atoms with Gasteiger partial charge in [0, 0.05) is 31.0 Å². The largest absolute Gasteiger partial charge is 0.390 e. The highest BCUT2D eigenvalue weighted by molar-refractivity contribution is 5.35. The van der Waals surface area contributed by atoms with Crippen molar-refractivity contribution in [2.75, 3.05) is 20.2 Å². The zero-order valence-corrected chi connectivity index (χ0v) is 22.9. The van der Waals surface area contributed by atoms with Crippen LogP contribution in [0, 0.1) is 45.8 Å². The van der Waals surface area contributed by atoms with Crippen LogP contribution in [0.4, 0.5) is 0 Å². The molecule has 2 saturated heterocycles. The molecule has 2 heterocycles. The zero-order chi connectivity index (χ0) is 24.8. The van der Waals surface area contributed by atoms with Gasteiger partial charge in [0.25, 0.3) is 0 Å². The van der Waals surface area contributed by atoms with E-state index in [1.54, 1.807) is 0 Å². The van der Waals surface area contributed by atoms with Gasteiger partial charge in [-0.05, 0) is 99.3 Å². The van der Waals surface area contributed by atoms with Gasteiger partial charge in [0.05, 0.1) is 23.9 Å². The van der Waals surface area contributed by atoms with E-state index in [1.807, 2.05) is 7.11 Å². The summed E-state index contributed by atoms with van der Waals surface area (Å²) in [5, 5.41) is 23.6. The highest BCUT2D eigenvalue weighted by Gasteiger charge is 2.86. The van der Waals surface area contributed by atoms with Crippen molar-refractivity contribution in [2.24, 2.45) is 45.8 Å². The molecule has 0 amide bonds. The summed E-state index contributed by atoms with van der Waals surface area (Å²) in [5.41, 5.74) is -1.46. The molecule has 35 heavy (non-hydrogen) atoms. The van der Waals surface area contributed by atoms with Crippen molar-refractivity contribution in [3.63, 3.8) is 0 Å². The molecule has 0 aromatic heterocycles. The number of likely N-dealkylation sites (tertiary alicyclic amines) is 1. The van der Waals surface area contributed by atoms with Crippen molar-refractivity contribution in [1.82, 2.24) is 4.90 Å². The van der Waals surface area contributed by atoms with Crippen LogP contribution < -0.4 is 0 Å². The molecule has 0 radical (unpaired) electrons. The molecule has 8 aliphatic rings. The van der Waals surface area contributed by atoms with Crippen LogP contribution in [0.15, 0.2) is 0 Å². The maximum Gasteiger partial charge on any atom is 0.103 e. The van der Waals surface area contributed by atoms with Crippen molar-refractivity contribution < 1.29 is 19.7 Å². The molecule has 5 heteroatoms. The Hall–Kier alpha value is -0.200. The quantitative estimate of drug-likeness (QED) is 0.621. The van der Waals surface area contributed by atoms with E-state index in [2.05, 4.69) is 39.5 Å². The second-order valence-electron chi connectivity index (χ2n) is 15.4. The summed E-state index contributed by atoms with van der Waals surface area (Å²) in [5.74, 6) is 2.31. The number of nitrogens with zero attached hydrogens (tertiary/aromatic N) is 1. The van der Waals surface area contributed by atoms with Gasteiger partial charge < -0.3 is 19.7 Å². The van der Waals surface area contributed by atoms with Gasteiger partial charge in [0.2, 0.25) is 0 Å². The van der Waals surface area contributed by atoms with Gasteiger partial charge in [-0.25, -0.2) is 0 Å². The lowest BCUT2D eigenvalue weighted by Crippen LogP contribution is -2.84. The second-order valence-corrected chi connectivity index (χ2v) is 15.4. The minimum absolute atomic E-state index is 0.0131. The second kappa shape index (κ2) is 7.05. The van der Waals surface area contributed by atoms with Crippen LogP contribution in [0.3, 0.4) is 0 Å². The normalized spacial score (nSPS) is 56.6. The van der Waals surface area contributed by atoms with Crippen LogP contribution in [0.25, 0.3) is 0 Å². The van der Waals surface area contributed by atoms with Gasteiger partial charge in [0.15, 0.2) is 0 Å². The number of rotatable bonds is 4. The minimum Gasteiger partial charge on any atom is -0.390 e. The number of aliphatic hydroxyl groups is 2. The fourth-order valence-electron chi connectivity index (χ4n) is 11.5. The standard InChI is InChI=1S/C30H49NO4/c1-17-14-28-15-21(27(5,33)26(2,3)4)30(17,34-6)25-29(28)11-12-31(16-18-7-8-18)22(28)13-19-9-10-20(32)24(35-25)23(19)29/h17-25,32-33H,7-16H2,1-6H3/t17-,19?,20?,21-,22-,23?,24?,25-,27+,28-,29+,30+/m1/s1. The Morgan fingerprint density at radius 1 is 1.09 bits per heavy atom. The number of aliphatic hydroxyl groups excluding tert-OH is 1. The summed E-state index contributed by atoms with van der Waals surface area (Å²) >= 11 is 0. The Kier molecular flexibility index (Phi) is 4.81. The maximum absolute atomic E-state index is 12.3. The number of hydrogen-bond acceptors (Lipinski definition) is 5. The van der Waals surface area contributed by atoms with E-state index in [4.69, 9.17) is 9.47 Å².